The zero-order chi connectivity index (χ0) is 15.8. The van der Waals surface area contributed by atoms with Gasteiger partial charge in [-0.05, 0) is 44.4 Å². The molecule has 0 saturated carbocycles. The minimum atomic E-state index is 0.172. The third-order valence-electron chi connectivity index (χ3n) is 4.61. The van der Waals surface area contributed by atoms with Crippen LogP contribution in [0.4, 0.5) is 0 Å². The number of nitrogens with one attached hydrogen (secondary N) is 1. The Bertz CT molecular complexity index is 831. The molecule has 1 N–H and O–H groups in total. The molecule has 4 rings (SSSR count). The van der Waals surface area contributed by atoms with Gasteiger partial charge in [-0.1, -0.05) is 0 Å². The summed E-state index contributed by atoms with van der Waals surface area (Å²) in [6.45, 7) is 6.04. The van der Waals surface area contributed by atoms with Gasteiger partial charge in [-0.25, -0.2) is 4.98 Å². The summed E-state index contributed by atoms with van der Waals surface area (Å²) in [5.74, 6) is 2.18. The fourth-order valence-electron chi connectivity index (χ4n) is 3.27. The van der Waals surface area contributed by atoms with Crippen molar-refractivity contribution in [3.63, 3.8) is 0 Å². The maximum Gasteiger partial charge on any atom is 0.149 e. The molecule has 1 unspecified atom stereocenters. The number of nitrogens with zero attached hydrogens (tertiary/aromatic N) is 5. The predicted octanol–water partition coefficient (Wildman–Crippen LogP) is 2.42. The molecular formula is C17H22N6. The Morgan fingerprint density at radius 1 is 1.30 bits per heavy atom. The number of aromatic nitrogens is 5. The fourth-order valence-corrected chi connectivity index (χ4v) is 3.27. The van der Waals surface area contributed by atoms with Crippen molar-refractivity contribution >= 4 is 5.65 Å². The summed E-state index contributed by atoms with van der Waals surface area (Å²) in [4.78, 5) is 4.48. The van der Waals surface area contributed by atoms with E-state index in [1.165, 1.54) is 18.4 Å². The zero-order valence-corrected chi connectivity index (χ0v) is 13.7. The summed E-state index contributed by atoms with van der Waals surface area (Å²) in [5, 5.41) is 12.3. The number of fused-ring (bicyclic) bond motifs is 2. The van der Waals surface area contributed by atoms with Crippen LogP contribution < -0.4 is 5.32 Å². The van der Waals surface area contributed by atoms with E-state index in [-0.39, 0.29) is 6.04 Å². The molecule has 4 heterocycles. The Labute approximate surface area is 135 Å². The molecule has 3 aromatic heterocycles. The van der Waals surface area contributed by atoms with E-state index in [1.54, 1.807) is 0 Å². The van der Waals surface area contributed by atoms with Crippen LogP contribution in [0.15, 0.2) is 24.5 Å². The fraction of sp³-hybridized carbons (Fsp3) is 0.471. The average Bonchev–Trinajstić information content (AvgIpc) is 3.16. The standard InChI is InChI=1S/C17H22N6/c1-12-6-8-22-14(11-19-16(22)9-12)10-18-13(2)17-21-20-15-5-3-4-7-23(15)17/h6,8-9,11,13,18H,3-5,7,10H2,1-2H3. The van der Waals surface area contributed by atoms with E-state index in [2.05, 4.69) is 61.6 Å². The van der Waals surface area contributed by atoms with E-state index in [9.17, 15) is 0 Å². The van der Waals surface area contributed by atoms with Crippen molar-refractivity contribution in [2.24, 2.45) is 0 Å². The molecule has 0 bridgehead atoms. The summed E-state index contributed by atoms with van der Waals surface area (Å²) in [5.41, 5.74) is 3.38. The number of rotatable bonds is 4. The third kappa shape index (κ3) is 2.63. The second-order valence-corrected chi connectivity index (χ2v) is 6.37. The molecular weight excluding hydrogens is 288 g/mol. The van der Waals surface area contributed by atoms with E-state index in [1.807, 2.05) is 6.20 Å². The minimum absolute atomic E-state index is 0.172. The molecule has 6 heteroatoms. The molecule has 0 fully saturated rings. The monoisotopic (exact) mass is 310 g/mol. The van der Waals surface area contributed by atoms with Crippen LogP contribution in [0.5, 0.6) is 0 Å². The predicted molar refractivity (Wildman–Crippen MR) is 88.1 cm³/mol. The molecule has 120 valence electrons. The quantitative estimate of drug-likeness (QED) is 0.804. The number of hydrogen-bond acceptors (Lipinski definition) is 4. The van der Waals surface area contributed by atoms with Crippen LogP contribution in [0.25, 0.3) is 5.65 Å². The molecule has 0 aliphatic carbocycles. The average molecular weight is 310 g/mol. The van der Waals surface area contributed by atoms with Crippen LogP contribution in [0.2, 0.25) is 0 Å². The number of aryl methyl sites for hydroxylation is 2. The van der Waals surface area contributed by atoms with Gasteiger partial charge in [-0.3, -0.25) is 0 Å². The van der Waals surface area contributed by atoms with Crippen LogP contribution in [0.1, 0.15) is 48.7 Å². The van der Waals surface area contributed by atoms with Gasteiger partial charge in [-0.15, -0.1) is 10.2 Å². The highest BCUT2D eigenvalue weighted by atomic mass is 15.3. The lowest BCUT2D eigenvalue weighted by Crippen LogP contribution is -2.24. The molecule has 0 spiro atoms. The summed E-state index contributed by atoms with van der Waals surface area (Å²) in [7, 11) is 0. The van der Waals surface area contributed by atoms with Crippen LogP contribution >= 0.6 is 0 Å². The zero-order valence-electron chi connectivity index (χ0n) is 13.7. The number of pyridine rings is 1. The second-order valence-electron chi connectivity index (χ2n) is 6.37. The first-order valence-corrected chi connectivity index (χ1v) is 8.30. The topological polar surface area (TPSA) is 60.0 Å². The van der Waals surface area contributed by atoms with Gasteiger partial charge in [0.2, 0.25) is 0 Å². The van der Waals surface area contributed by atoms with Crippen LogP contribution in [-0.4, -0.2) is 24.1 Å². The van der Waals surface area contributed by atoms with Crippen LogP contribution in [-0.2, 0) is 19.5 Å². The lowest BCUT2D eigenvalue weighted by molar-refractivity contribution is 0.463. The largest absolute Gasteiger partial charge is 0.314 e. The molecule has 0 aromatic carbocycles. The molecule has 1 aliphatic rings. The molecule has 6 nitrogen and oxygen atoms in total. The molecule has 23 heavy (non-hydrogen) atoms. The van der Waals surface area contributed by atoms with Gasteiger partial charge in [0.15, 0.2) is 0 Å². The molecule has 0 amide bonds. The lowest BCUT2D eigenvalue weighted by atomic mass is 10.1. The Kier molecular flexibility index (Phi) is 3.61. The van der Waals surface area contributed by atoms with E-state index in [0.717, 1.165) is 42.5 Å². The van der Waals surface area contributed by atoms with Gasteiger partial charge < -0.3 is 14.3 Å². The van der Waals surface area contributed by atoms with Gasteiger partial charge in [0.25, 0.3) is 0 Å². The van der Waals surface area contributed by atoms with Crippen molar-refractivity contribution in [2.75, 3.05) is 0 Å². The summed E-state index contributed by atoms with van der Waals surface area (Å²) in [6.07, 6.45) is 7.51. The highest BCUT2D eigenvalue weighted by molar-refractivity contribution is 5.42. The van der Waals surface area contributed by atoms with Gasteiger partial charge in [0.05, 0.1) is 17.9 Å². The minimum Gasteiger partial charge on any atom is -0.314 e. The smallest absolute Gasteiger partial charge is 0.149 e. The highest BCUT2D eigenvalue weighted by Gasteiger charge is 2.19. The first-order valence-electron chi connectivity index (χ1n) is 8.30. The van der Waals surface area contributed by atoms with E-state index >= 15 is 0 Å². The molecule has 0 saturated heterocycles. The van der Waals surface area contributed by atoms with E-state index in [0.29, 0.717) is 0 Å². The lowest BCUT2D eigenvalue weighted by Gasteiger charge is -2.18. The normalized spacial score (nSPS) is 15.7. The van der Waals surface area contributed by atoms with Crippen molar-refractivity contribution in [3.05, 3.63) is 47.4 Å². The van der Waals surface area contributed by atoms with Gasteiger partial charge >= 0.3 is 0 Å². The maximum absolute atomic E-state index is 4.48. The number of imidazole rings is 1. The summed E-state index contributed by atoms with van der Waals surface area (Å²) in [6, 6.07) is 4.38. The number of hydrogen-bond donors (Lipinski definition) is 1. The SMILES string of the molecule is Cc1ccn2c(CNC(C)c3nnc4n3CCCC4)cnc2c1. The molecule has 3 aromatic rings. The summed E-state index contributed by atoms with van der Waals surface area (Å²) < 4.78 is 4.41. The Morgan fingerprint density at radius 2 is 2.22 bits per heavy atom. The third-order valence-corrected chi connectivity index (χ3v) is 4.61. The van der Waals surface area contributed by atoms with Crippen molar-refractivity contribution in [3.8, 4) is 0 Å². The van der Waals surface area contributed by atoms with Gasteiger partial charge in [-0.2, -0.15) is 0 Å². The van der Waals surface area contributed by atoms with Gasteiger partial charge in [0.1, 0.15) is 17.3 Å². The van der Waals surface area contributed by atoms with Gasteiger partial charge in [0, 0.05) is 25.7 Å². The van der Waals surface area contributed by atoms with Crippen molar-refractivity contribution < 1.29 is 0 Å². The molecule has 0 radical (unpaired) electrons. The van der Waals surface area contributed by atoms with E-state index < -0.39 is 0 Å². The Balaban J connectivity index is 1.50. The van der Waals surface area contributed by atoms with E-state index in [4.69, 9.17) is 0 Å². The van der Waals surface area contributed by atoms with Crippen molar-refractivity contribution in [2.45, 2.75) is 52.2 Å². The Morgan fingerprint density at radius 3 is 3.13 bits per heavy atom. The highest BCUT2D eigenvalue weighted by Crippen LogP contribution is 2.19. The maximum atomic E-state index is 4.48. The summed E-state index contributed by atoms with van der Waals surface area (Å²) >= 11 is 0. The molecule has 1 aliphatic heterocycles. The van der Waals surface area contributed by atoms with Crippen LogP contribution in [0, 0.1) is 6.92 Å². The van der Waals surface area contributed by atoms with Crippen LogP contribution in [0.3, 0.4) is 0 Å². The first-order chi connectivity index (χ1) is 11.2. The molecule has 1 atom stereocenters. The van der Waals surface area contributed by atoms with Crippen molar-refractivity contribution in [1.29, 1.82) is 0 Å². The Hall–Kier alpha value is -2.21. The second kappa shape index (κ2) is 5.77. The van der Waals surface area contributed by atoms with Crippen molar-refractivity contribution in [1.82, 2.24) is 29.5 Å². The first kappa shape index (κ1) is 14.4.